The lowest BCUT2D eigenvalue weighted by Crippen LogP contribution is -2.49. The summed E-state index contributed by atoms with van der Waals surface area (Å²) in [5.41, 5.74) is 0. The Hall–Kier alpha value is -0.650. The number of aliphatic hydroxyl groups excluding tert-OH is 1. The van der Waals surface area contributed by atoms with Crippen molar-refractivity contribution in [3.05, 3.63) is 0 Å². The molecule has 0 aromatic rings. The lowest BCUT2D eigenvalue weighted by atomic mass is 10.2. The lowest BCUT2D eigenvalue weighted by molar-refractivity contribution is -0.147. The lowest BCUT2D eigenvalue weighted by Gasteiger charge is -2.33. The number of hydrogen-bond donors (Lipinski definition) is 1. The Morgan fingerprint density at radius 2 is 2.44 bits per heavy atom. The quantitative estimate of drug-likeness (QED) is 0.516. The average molecular weight is 231 g/mol. The molecule has 1 aliphatic rings. The van der Waals surface area contributed by atoms with Crippen molar-refractivity contribution in [2.75, 3.05) is 39.5 Å². The van der Waals surface area contributed by atoms with Gasteiger partial charge in [0.15, 0.2) is 0 Å². The van der Waals surface area contributed by atoms with E-state index in [0.29, 0.717) is 26.4 Å². The predicted octanol–water partition coefficient (Wildman–Crippen LogP) is 0.0228. The maximum atomic E-state index is 11.5. The Bertz CT molecular complexity index is 210. The zero-order chi connectivity index (χ0) is 11.8. The predicted molar refractivity (Wildman–Crippen MR) is 59.1 cm³/mol. The molecule has 0 spiro atoms. The Balaban J connectivity index is 2.25. The number of esters is 1. The molecule has 1 saturated heterocycles. The highest BCUT2D eigenvalue weighted by molar-refractivity contribution is 5.71. The van der Waals surface area contributed by atoms with Gasteiger partial charge in [-0.1, -0.05) is 13.3 Å². The Morgan fingerprint density at radius 1 is 1.62 bits per heavy atom. The monoisotopic (exact) mass is 231 g/mol. The molecule has 1 rings (SSSR count). The van der Waals surface area contributed by atoms with Crippen LogP contribution >= 0.6 is 0 Å². The fraction of sp³-hybridized carbons (Fsp3) is 0.909. The summed E-state index contributed by atoms with van der Waals surface area (Å²) >= 11 is 0. The second-order valence-corrected chi connectivity index (χ2v) is 3.96. The third-order valence-electron chi connectivity index (χ3n) is 2.65. The molecule has 1 fully saturated rings. The first kappa shape index (κ1) is 13.4. The molecule has 0 saturated carbocycles. The summed E-state index contributed by atoms with van der Waals surface area (Å²) in [6.45, 7) is 4.58. The van der Waals surface area contributed by atoms with Gasteiger partial charge in [-0.05, 0) is 6.42 Å². The largest absolute Gasteiger partial charge is 0.465 e. The fourth-order valence-electron chi connectivity index (χ4n) is 1.61. The topological polar surface area (TPSA) is 59.0 Å². The van der Waals surface area contributed by atoms with Crippen LogP contribution in [0.3, 0.4) is 0 Å². The van der Waals surface area contributed by atoms with Gasteiger partial charge in [-0.2, -0.15) is 0 Å². The average Bonchev–Trinajstić information content (AvgIpc) is 2.30. The molecular formula is C11H21NO4. The standard InChI is InChI=1S/C11H21NO4/c1-2-3-5-16-11(14)7-12-4-6-15-9-10(12)8-13/h10,13H,2-9H2,1H3. The van der Waals surface area contributed by atoms with Crippen LogP contribution in [0, 0.1) is 0 Å². The molecule has 0 bridgehead atoms. The molecule has 5 nitrogen and oxygen atoms in total. The number of nitrogens with zero attached hydrogens (tertiary/aromatic N) is 1. The van der Waals surface area contributed by atoms with Gasteiger partial charge in [0.1, 0.15) is 0 Å². The highest BCUT2D eigenvalue weighted by atomic mass is 16.5. The van der Waals surface area contributed by atoms with Crippen LogP contribution in [0.1, 0.15) is 19.8 Å². The van der Waals surface area contributed by atoms with Gasteiger partial charge < -0.3 is 14.6 Å². The minimum Gasteiger partial charge on any atom is -0.465 e. The number of carbonyl (C=O) groups is 1. The van der Waals surface area contributed by atoms with Crippen LogP contribution < -0.4 is 0 Å². The number of unbranched alkanes of at least 4 members (excludes halogenated alkanes) is 1. The van der Waals surface area contributed by atoms with Crippen LogP contribution in [-0.2, 0) is 14.3 Å². The Morgan fingerprint density at radius 3 is 3.12 bits per heavy atom. The zero-order valence-electron chi connectivity index (χ0n) is 9.85. The van der Waals surface area contributed by atoms with Crippen molar-refractivity contribution >= 4 is 5.97 Å². The van der Waals surface area contributed by atoms with Crippen molar-refractivity contribution < 1.29 is 19.4 Å². The van der Waals surface area contributed by atoms with Crippen molar-refractivity contribution in [3.8, 4) is 0 Å². The van der Waals surface area contributed by atoms with Gasteiger partial charge in [0.2, 0.25) is 0 Å². The van der Waals surface area contributed by atoms with E-state index in [-0.39, 0.29) is 25.2 Å². The van der Waals surface area contributed by atoms with E-state index in [1.54, 1.807) is 0 Å². The Labute approximate surface area is 96.3 Å². The Kier molecular flexibility index (Phi) is 6.37. The normalized spacial score (nSPS) is 22.0. The number of carbonyl (C=O) groups excluding carboxylic acids is 1. The zero-order valence-corrected chi connectivity index (χ0v) is 9.85. The molecule has 0 amide bonds. The minimum atomic E-state index is -0.214. The third-order valence-corrected chi connectivity index (χ3v) is 2.65. The summed E-state index contributed by atoms with van der Waals surface area (Å²) in [5, 5.41) is 9.11. The smallest absolute Gasteiger partial charge is 0.320 e. The van der Waals surface area contributed by atoms with E-state index in [0.717, 1.165) is 12.8 Å². The molecule has 16 heavy (non-hydrogen) atoms. The van der Waals surface area contributed by atoms with Crippen molar-refractivity contribution in [3.63, 3.8) is 0 Å². The SMILES string of the molecule is CCCCOC(=O)CN1CCOCC1CO. The van der Waals surface area contributed by atoms with Crippen molar-refractivity contribution in [1.82, 2.24) is 4.90 Å². The number of hydrogen-bond acceptors (Lipinski definition) is 5. The van der Waals surface area contributed by atoms with Crippen LogP contribution in [0.15, 0.2) is 0 Å². The number of rotatable bonds is 6. The number of ether oxygens (including phenoxy) is 2. The summed E-state index contributed by atoms with van der Waals surface area (Å²) in [6, 6.07) is -0.0764. The van der Waals surface area contributed by atoms with Crippen LogP contribution in [0.25, 0.3) is 0 Å². The number of aliphatic hydroxyl groups is 1. The molecule has 1 aliphatic heterocycles. The summed E-state index contributed by atoms with van der Waals surface area (Å²) in [4.78, 5) is 13.4. The molecule has 1 unspecified atom stereocenters. The first-order valence-electron chi connectivity index (χ1n) is 5.86. The van der Waals surface area contributed by atoms with E-state index in [1.807, 2.05) is 4.90 Å². The van der Waals surface area contributed by atoms with Gasteiger partial charge in [0.25, 0.3) is 0 Å². The van der Waals surface area contributed by atoms with E-state index in [2.05, 4.69) is 6.92 Å². The summed E-state index contributed by atoms with van der Waals surface area (Å²) < 4.78 is 10.3. The van der Waals surface area contributed by atoms with Crippen molar-refractivity contribution in [2.45, 2.75) is 25.8 Å². The molecular weight excluding hydrogens is 210 g/mol. The second kappa shape index (κ2) is 7.60. The first-order chi connectivity index (χ1) is 7.77. The molecule has 0 radical (unpaired) electrons. The maximum Gasteiger partial charge on any atom is 0.320 e. The maximum absolute atomic E-state index is 11.5. The van der Waals surface area contributed by atoms with Crippen molar-refractivity contribution in [1.29, 1.82) is 0 Å². The highest BCUT2D eigenvalue weighted by Gasteiger charge is 2.24. The van der Waals surface area contributed by atoms with Gasteiger partial charge in [-0.15, -0.1) is 0 Å². The van der Waals surface area contributed by atoms with E-state index < -0.39 is 0 Å². The molecule has 0 aliphatic carbocycles. The van der Waals surface area contributed by atoms with Gasteiger partial charge in [0.05, 0.1) is 39.0 Å². The molecule has 1 atom stereocenters. The van der Waals surface area contributed by atoms with E-state index in [4.69, 9.17) is 14.6 Å². The van der Waals surface area contributed by atoms with Crippen LogP contribution in [0.5, 0.6) is 0 Å². The molecule has 5 heteroatoms. The van der Waals surface area contributed by atoms with Crippen molar-refractivity contribution in [2.24, 2.45) is 0 Å². The molecule has 1 N–H and O–H groups in total. The summed E-state index contributed by atoms with van der Waals surface area (Å²) in [5.74, 6) is -0.214. The molecule has 1 heterocycles. The van der Waals surface area contributed by atoms with Gasteiger partial charge in [-0.3, -0.25) is 9.69 Å². The minimum absolute atomic E-state index is 0.0161. The van der Waals surface area contributed by atoms with E-state index in [1.165, 1.54) is 0 Å². The fourth-order valence-corrected chi connectivity index (χ4v) is 1.61. The van der Waals surface area contributed by atoms with Crippen LogP contribution in [0.4, 0.5) is 0 Å². The van der Waals surface area contributed by atoms with Gasteiger partial charge in [-0.25, -0.2) is 0 Å². The third kappa shape index (κ3) is 4.47. The van der Waals surface area contributed by atoms with Gasteiger partial charge >= 0.3 is 5.97 Å². The number of morpholine rings is 1. The molecule has 0 aromatic carbocycles. The van der Waals surface area contributed by atoms with Gasteiger partial charge in [0, 0.05) is 6.54 Å². The van der Waals surface area contributed by atoms with E-state index >= 15 is 0 Å². The highest BCUT2D eigenvalue weighted by Crippen LogP contribution is 2.06. The van der Waals surface area contributed by atoms with Crippen LogP contribution in [-0.4, -0.2) is 61.5 Å². The summed E-state index contributed by atoms with van der Waals surface area (Å²) in [6.07, 6.45) is 1.92. The molecule has 94 valence electrons. The second-order valence-electron chi connectivity index (χ2n) is 3.96. The first-order valence-corrected chi connectivity index (χ1v) is 5.86. The summed E-state index contributed by atoms with van der Waals surface area (Å²) in [7, 11) is 0. The molecule has 0 aromatic heterocycles. The van der Waals surface area contributed by atoms with E-state index in [9.17, 15) is 4.79 Å². The van der Waals surface area contributed by atoms with Crippen LogP contribution in [0.2, 0.25) is 0 Å².